The molecule has 1 N–H and O–H groups in total. The van der Waals surface area contributed by atoms with Crippen molar-refractivity contribution in [2.24, 2.45) is 0 Å². The number of ether oxygens (including phenoxy) is 2. The average molecular weight is 353 g/mol. The van der Waals surface area contributed by atoms with Crippen LogP contribution in [-0.4, -0.2) is 30.1 Å². The molecule has 0 saturated carbocycles. The van der Waals surface area contributed by atoms with Gasteiger partial charge in [0.2, 0.25) is 0 Å². The summed E-state index contributed by atoms with van der Waals surface area (Å²) < 4.78 is 9.79. The molecule has 0 amide bonds. The predicted molar refractivity (Wildman–Crippen MR) is 91.3 cm³/mol. The molecule has 6 nitrogen and oxygen atoms in total. The first-order valence-corrected chi connectivity index (χ1v) is 8.13. The Kier molecular flexibility index (Phi) is 8.07. The number of hydrogen-bond donors (Lipinski definition) is 1. The lowest BCUT2D eigenvalue weighted by molar-refractivity contribution is -0.141. The van der Waals surface area contributed by atoms with E-state index in [1.807, 2.05) is 6.92 Å². The second-order valence-corrected chi connectivity index (χ2v) is 5.33. The van der Waals surface area contributed by atoms with Crippen LogP contribution in [0.3, 0.4) is 0 Å². The summed E-state index contributed by atoms with van der Waals surface area (Å²) in [6.07, 6.45) is 2.82. The van der Waals surface area contributed by atoms with Gasteiger partial charge in [0.25, 0.3) is 5.70 Å². The van der Waals surface area contributed by atoms with Crippen LogP contribution in [0.5, 0.6) is 0 Å². The minimum Gasteiger partial charge on any atom is -0.471 e. The molecule has 1 heterocycles. The normalized spacial score (nSPS) is 11.0. The smallest absolute Gasteiger partial charge is 0.336 e. The molecular formula is C17H21ClN2O4. The van der Waals surface area contributed by atoms with Crippen molar-refractivity contribution >= 4 is 29.6 Å². The van der Waals surface area contributed by atoms with Gasteiger partial charge in [-0.3, -0.25) is 9.59 Å². The number of alkyl halides is 1. The number of nitrogens with zero attached hydrogens (tertiary/aromatic N) is 1. The first-order chi connectivity index (χ1) is 11.4. The van der Waals surface area contributed by atoms with Gasteiger partial charge in [-0.15, -0.1) is 11.6 Å². The van der Waals surface area contributed by atoms with E-state index in [0.29, 0.717) is 25.1 Å². The number of rotatable bonds is 8. The third-order valence-corrected chi connectivity index (χ3v) is 3.67. The molecule has 130 valence electrons. The lowest BCUT2D eigenvalue weighted by Crippen LogP contribution is -2.05. The van der Waals surface area contributed by atoms with Crippen LogP contribution in [0.4, 0.5) is 0 Å². The second kappa shape index (κ2) is 9.78. The van der Waals surface area contributed by atoms with E-state index in [0.717, 1.165) is 16.8 Å². The number of esters is 2. The number of aromatic nitrogens is 1. The van der Waals surface area contributed by atoms with Gasteiger partial charge in [-0.1, -0.05) is 0 Å². The fraction of sp³-hybridized carbons (Fsp3) is 0.471. The van der Waals surface area contributed by atoms with Gasteiger partial charge in [-0.05, 0) is 43.9 Å². The molecule has 0 bridgehead atoms. The summed E-state index contributed by atoms with van der Waals surface area (Å²) in [5, 5.41) is 0. The van der Waals surface area contributed by atoms with E-state index in [1.165, 1.54) is 13.0 Å². The largest absolute Gasteiger partial charge is 0.471 e. The van der Waals surface area contributed by atoms with Gasteiger partial charge < -0.3 is 14.5 Å². The van der Waals surface area contributed by atoms with Crippen molar-refractivity contribution in [2.75, 3.05) is 13.2 Å². The first-order valence-electron chi connectivity index (χ1n) is 7.60. The Hall–Kier alpha value is -2.26. The number of halogens is 1. The van der Waals surface area contributed by atoms with Crippen LogP contribution in [0, 0.1) is 13.5 Å². The van der Waals surface area contributed by atoms with E-state index in [2.05, 4.69) is 9.83 Å². The van der Waals surface area contributed by atoms with E-state index in [1.54, 1.807) is 6.92 Å². The molecule has 0 aliphatic carbocycles. The highest BCUT2D eigenvalue weighted by molar-refractivity contribution is 6.17. The minimum absolute atomic E-state index is 0.0891. The predicted octanol–water partition coefficient (Wildman–Crippen LogP) is 3.38. The standard InChI is InChI=1S/C17H21ClN2O4/c1-5-23-17(22)15(19-4)9-14-11(2)13(16(10-18)20-14)7-6-8-24-12(3)21/h9,20H,5-8,10H2,1-3H3/b15-9+. The van der Waals surface area contributed by atoms with Gasteiger partial charge in [-0.2, -0.15) is 0 Å². The van der Waals surface area contributed by atoms with Crippen molar-refractivity contribution in [2.45, 2.75) is 39.5 Å². The fourth-order valence-corrected chi connectivity index (χ4v) is 2.49. The second-order valence-electron chi connectivity index (χ2n) is 5.06. The molecule has 0 atom stereocenters. The zero-order valence-electron chi connectivity index (χ0n) is 14.1. The summed E-state index contributed by atoms with van der Waals surface area (Å²) in [4.78, 5) is 28.9. The molecule has 0 saturated heterocycles. The fourth-order valence-electron chi connectivity index (χ4n) is 2.26. The highest BCUT2D eigenvalue weighted by Gasteiger charge is 2.16. The molecule has 1 rings (SSSR count). The zero-order chi connectivity index (χ0) is 18.1. The number of nitrogens with one attached hydrogen (secondary N) is 1. The molecule has 0 fully saturated rings. The highest BCUT2D eigenvalue weighted by atomic mass is 35.5. The van der Waals surface area contributed by atoms with E-state index >= 15 is 0 Å². The van der Waals surface area contributed by atoms with Crippen LogP contribution in [0.25, 0.3) is 10.9 Å². The van der Waals surface area contributed by atoms with Crippen LogP contribution in [0.1, 0.15) is 42.8 Å². The summed E-state index contributed by atoms with van der Waals surface area (Å²) in [6, 6.07) is 0. The van der Waals surface area contributed by atoms with E-state index < -0.39 is 5.97 Å². The van der Waals surface area contributed by atoms with Crippen LogP contribution in [-0.2, 0) is 31.4 Å². The van der Waals surface area contributed by atoms with Gasteiger partial charge in [0.05, 0.1) is 25.7 Å². The molecular weight excluding hydrogens is 332 g/mol. The maximum Gasteiger partial charge on any atom is 0.336 e. The van der Waals surface area contributed by atoms with E-state index in [-0.39, 0.29) is 24.2 Å². The van der Waals surface area contributed by atoms with Gasteiger partial charge in [-0.25, -0.2) is 4.85 Å². The number of hydrogen-bond acceptors (Lipinski definition) is 4. The Bertz CT molecular complexity index is 671. The van der Waals surface area contributed by atoms with Crippen molar-refractivity contribution in [3.63, 3.8) is 0 Å². The van der Waals surface area contributed by atoms with Crippen molar-refractivity contribution < 1.29 is 19.1 Å². The number of carbonyl (C=O) groups is 2. The highest BCUT2D eigenvalue weighted by Crippen LogP contribution is 2.24. The van der Waals surface area contributed by atoms with E-state index in [9.17, 15) is 9.59 Å². The number of carbonyl (C=O) groups excluding carboxylic acids is 2. The number of H-pyrrole nitrogens is 1. The Labute approximate surface area is 146 Å². The monoisotopic (exact) mass is 352 g/mol. The van der Waals surface area contributed by atoms with E-state index in [4.69, 9.17) is 27.6 Å². The maximum absolute atomic E-state index is 11.7. The quantitative estimate of drug-likeness (QED) is 0.256. The molecule has 0 aromatic carbocycles. The molecule has 0 aliphatic rings. The molecule has 0 spiro atoms. The molecule has 24 heavy (non-hydrogen) atoms. The Morgan fingerprint density at radius 1 is 1.38 bits per heavy atom. The van der Waals surface area contributed by atoms with Crippen molar-refractivity contribution in [3.05, 3.63) is 39.6 Å². The Balaban J connectivity index is 2.99. The lowest BCUT2D eigenvalue weighted by atomic mass is 10.0. The third kappa shape index (κ3) is 5.43. The summed E-state index contributed by atoms with van der Waals surface area (Å²) >= 11 is 5.97. The van der Waals surface area contributed by atoms with Gasteiger partial charge in [0.1, 0.15) is 0 Å². The maximum atomic E-state index is 11.7. The Morgan fingerprint density at radius 3 is 2.62 bits per heavy atom. The third-order valence-electron chi connectivity index (χ3n) is 3.40. The Morgan fingerprint density at radius 2 is 2.08 bits per heavy atom. The van der Waals surface area contributed by atoms with Crippen molar-refractivity contribution in [3.8, 4) is 0 Å². The summed E-state index contributed by atoms with van der Waals surface area (Å²) in [5.74, 6) is -0.673. The number of aromatic amines is 1. The summed E-state index contributed by atoms with van der Waals surface area (Å²) in [7, 11) is 0. The van der Waals surface area contributed by atoms with Crippen molar-refractivity contribution in [1.29, 1.82) is 0 Å². The van der Waals surface area contributed by atoms with Gasteiger partial charge in [0, 0.05) is 18.3 Å². The van der Waals surface area contributed by atoms with Crippen LogP contribution in [0.2, 0.25) is 0 Å². The van der Waals surface area contributed by atoms with Crippen LogP contribution >= 0.6 is 11.6 Å². The molecule has 0 radical (unpaired) electrons. The van der Waals surface area contributed by atoms with Crippen LogP contribution in [0.15, 0.2) is 5.70 Å². The topological polar surface area (TPSA) is 72.8 Å². The average Bonchev–Trinajstić information content (AvgIpc) is 2.84. The molecule has 0 unspecified atom stereocenters. The zero-order valence-corrected chi connectivity index (χ0v) is 14.8. The molecule has 0 aliphatic heterocycles. The SMILES string of the molecule is [C-]#[N+]/C(=C/c1[nH]c(CCl)c(CCCOC(C)=O)c1C)C(=O)OCC. The summed E-state index contributed by atoms with van der Waals surface area (Å²) in [5.41, 5.74) is 3.33. The summed E-state index contributed by atoms with van der Waals surface area (Å²) in [6.45, 7) is 12.6. The van der Waals surface area contributed by atoms with Crippen molar-refractivity contribution in [1.82, 2.24) is 4.98 Å². The lowest BCUT2D eigenvalue weighted by Gasteiger charge is -2.04. The molecule has 1 aromatic rings. The minimum atomic E-state index is -0.648. The van der Waals surface area contributed by atoms with Crippen LogP contribution < -0.4 is 0 Å². The van der Waals surface area contributed by atoms with Gasteiger partial charge >= 0.3 is 11.9 Å². The van der Waals surface area contributed by atoms with Gasteiger partial charge in [0.15, 0.2) is 0 Å². The molecule has 1 aromatic heterocycles. The molecule has 7 heteroatoms. The first kappa shape index (κ1) is 19.8.